The molecule has 2 rings (SSSR count). The number of hydrogen-bond donors (Lipinski definition) is 2. The van der Waals surface area contributed by atoms with Crippen molar-refractivity contribution in [3.8, 4) is 0 Å². The van der Waals surface area contributed by atoms with Gasteiger partial charge in [-0.05, 0) is 25.3 Å². The van der Waals surface area contributed by atoms with Crippen molar-refractivity contribution in [2.45, 2.75) is 31.1 Å². The number of sulfone groups is 1. The number of hydrogen-bond acceptors (Lipinski definition) is 4. The van der Waals surface area contributed by atoms with Crippen LogP contribution in [0.2, 0.25) is 0 Å². The first-order valence-electron chi connectivity index (χ1n) is 7.38. The van der Waals surface area contributed by atoms with Crippen molar-refractivity contribution in [2.75, 3.05) is 12.3 Å². The molecule has 1 aromatic carbocycles. The molecule has 0 bridgehead atoms. The first-order chi connectivity index (χ1) is 10.9. The van der Waals surface area contributed by atoms with Gasteiger partial charge in [0.25, 0.3) is 0 Å². The molecular formula is C15H19FN2O4S. The molecule has 0 aliphatic carbocycles. The fraction of sp³-hybridized carbons (Fsp3) is 0.467. The summed E-state index contributed by atoms with van der Waals surface area (Å²) in [6.45, 7) is 0.552. The van der Waals surface area contributed by atoms with E-state index in [0.29, 0.717) is 13.0 Å². The maximum absolute atomic E-state index is 13.5. The largest absolute Gasteiger partial charge is 0.354 e. The summed E-state index contributed by atoms with van der Waals surface area (Å²) in [6, 6.07) is 4.81. The zero-order chi connectivity index (χ0) is 16.9. The summed E-state index contributed by atoms with van der Waals surface area (Å²) in [6.07, 6.45) is 2.07. The average molecular weight is 342 g/mol. The molecule has 0 saturated carbocycles. The van der Waals surface area contributed by atoms with E-state index in [9.17, 15) is 22.4 Å². The Labute approximate surface area is 134 Å². The molecule has 0 spiro atoms. The fourth-order valence-corrected chi connectivity index (χ4v) is 3.71. The van der Waals surface area contributed by atoms with Gasteiger partial charge >= 0.3 is 0 Å². The van der Waals surface area contributed by atoms with Crippen LogP contribution in [0.4, 0.5) is 4.39 Å². The lowest BCUT2D eigenvalue weighted by atomic mass is 10.1. The molecule has 2 amide bonds. The van der Waals surface area contributed by atoms with Crippen molar-refractivity contribution < 1.29 is 22.4 Å². The van der Waals surface area contributed by atoms with Gasteiger partial charge in [-0.3, -0.25) is 9.59 Å². The fourth-order valence-electron chi connectivity index (χ4n) is 2.42. The smallest absolute Gasteiger partial charge is 0.242 e. The SMILES string of the molecule is O=C(CS(=O)(=O)Cc1ccccc1F)N[C@@H]1CCCCNC1=O. The van der Waals surface area contributed by atoms with Crippen LogP contribution in [-0.4, -0.2) is 38.6 Å². The second-order valence-electron chi connectivity index (χ2n) is 5.53. The molecule has 23 heavy (non-hydrogen) atoms. The van der Waals surface area contributed by atoms with E-state index in [2.05, 4.69) is 10.6 Å². The minimum Gasteiger partial charge on any atom is -0.354 e. The molecule has 1 atom stereocenters. The molecule has 1 aliphatic rings. The number of carbonyl (C=O) groups excluding carboxylic acids is 2. The minimum atomic E-state index is -3.82. The molecular weight excluding hydrogens is 323 g/mol. The van der Waals surface area contributed by atoms with Crippen LogP contribution in [0.25, 0.3) is 0 Å². The lowest BCUT2D eigenvalue weighted by molar-refractivity contribution is -0.127. The summed E-state index contributed by atoms with van der Waals surface area (Å²) in [7, 11) is -3.82. The normalized spacial score (nSPS) is 18.8. The van der Waals surface area contributed by atoms with Gasteiger partial charge in [-0.25, -0.2) is 12.8 Å². The van der Waals surface area contributed by atoms with Crippen LogP contribution in [0.3, 0.4) is 0 Å². The number of benzene rings is 1. The Morgan fingerprint density at radius 1 is 1.30 bits per heavy atom. The van der Waals surface area contributed by atoms with Crippen LogP contribution in [0.15, 0.2) is 24.3 Å². The van der Waals surface area contributed by atoms with Crippen molar-refractivity contribution in [3.05, 3.63) is 35.6 Å². The monoisotopic (exact) mass is 342 g/mol. The van der Waals surface area contributed by atoms with Crippen LogP contribution in [-0.2, 0) is 25.2 Å². The van der Waals surface area contributed by atoms with Crippen molar-refractivity contribution in [2.24, 2.45) is 0 Å². The van der Waals surface area contributed by atoms with Crippen molar-refractivity contribution >= 4 is 21.7 Å². The van der Waals surface area contributed by atoms with Gasteiger partial charge in [0, 0.05) is 12.1 Å². The van der Waals surface area contributed by atoms with Gasteiger partial charge in [0.1, 0.15) is 17.6 Å². The highest BCUT2D eigenvalue weighted by molar-refractivity contribution is 7.91. The van der Waals surface area contributed by atoms with Gasteiger partial charge in [-0.15, -0.1) is 0 Å². The summed E-state index contributed by atoms with van der Waals surface area (Å²) in [4.78, 5) is 23.6. The number of halogens is 1. The van der Waals surface area contributed by atoms with E-state index in [0.717, 1.165) is 12.8 Å². The van der Waals surface area contributed by atoms with Crippen LogP contribution in [0.1, 0.15) is 24.8 Å². The number of carbonyl (C=O) groups is 2. The highest BCUT2D eigenvalue weighted by Gasteiger charge is 2.25. The molecule has 2 N–H and O–H groups in total. The second-order valence-corrected chi connectivity index (χ2v) is 7.60. The molecule has 1 aromatic rings. The maximum atomic E-state index is 13.5. The van der Waals surface area contributed by atoms with Gasteiger partial charge in [0.2, 0.25) is 11.8 Å². The molecule has 0 aromatic heterocycles. The van der Waals surface area contributed by atoms with E-state index >= 15 is 0 Å². The zero-order valence-electron chi connectivity index (χ0n) is 12.5. The molecule has 1 heterocycles. The third-order valence-electron chi connectivity index (χ3n) is 3.55. The minimum absolute atomic E-state index is 0.0208. The number of amides is 2. The van der Waals surface area contributed by atoms with Crippen molar-refractivity contribution in [1.82, 2.24) is 10.6 Å². The van der Waals surface area contributed by atoms with Crippen LogP contribution < -0.4 is 10.6 Å². The summed E-state index contributed by atoms with van der Waals surface area (Å²) in [5.41, 5.74) is 0.0208. The summed E-state index contributed by atoms with van der Waals surface area (Å²) >= 11 is 0. The molecule has 8 heteroatoms. The molecule has 1 fully saturated rings. The Morgan fingerprint density at radius 3 is 2.78 bits per heavy atom. The van der Waals surface area contributed by atoms with Crippen LogP contribution in [0, 0.1) is 5.82 Å². The summed E-state index contributed by atoms with van der Waals surface area (Å²) in [5, 5.41) is 5.10. The first-order valence-corrected chi connectivity index (χ1v) is 9.20. The Hall–Kier alpha value is -1.96. The molecule has 1 aliphatic heterocycles. The first kappa shape index (κ1) is 17.4. The predicted molar refractivity (Wildman–Crippen MR) is 82.7 cm³/mol. The Morgan fingerprint density at radius 2 is 2.04 bits per heavy atom. The van der Waals surface area contributed by atoms with Crippen molar-refractivity contribution in [1.29, 1.82) is 0 Å². The third-order valence-corrected chi connectivity index (χ3v) is 5.01. The Kier molecular flexibility index (Phi) is 5.70. The molecule has 0 unspecified atom stereocenters. The lowest BCUT2D eigenvalue weighted by Gasteiger charge is -2.15. The molecule has 6 nitrogen and oxygen atoms in total. The van der Waals surface area contributed by atoms with Crippen LogP contribution >= 0.6 is 0 Å². The summed E-state index contributed by atoms with van der Waals surface area (Å²) in [5.74, 6) is -3.00. The second kappa shape index (κ2) is 7.54. The van der Waals surface area contributed by atoms with Gasteiger partial charge in [-0.2, -0.15) is 0 Å². The van der Waals surface area contributed by atoms with E-state index in [4.69, 9.17) is 0 Å². The van der Waals surface area contributed by atoms with Gasteiger partial charge in [-0.1, -0.05) is 18.2 Å². The van der Waals surface area contributed by atoms with Crippen molar-refractivity contribution in [3.63, 3.8) is 0 Å². The highest BCUT2D eigenvalue weighted by atomic mass is 32.2. The maximum Gasteiger partial charge on any atom is 0.242 e. The van der Waals surface area contributed by atoms with E-state index in [-0.39, 0.29) is 11.5 Å². The Bertz CT molecular complexity index is 690. The van der Waals surface area contributed by atoms with E-state index < -0.39 is 39.1 Å². The molecule has 126 valence electrons. The summed E-state index contributed by atoms with van der Waals surface area (Å²) < 4.78 is 37.6. The zero-order valence-corrected chi connectivity index (χ0v) is 13.4. The van der Waals surface area contributed by atoms with Gasteiger partial charge < -0.3 is 10.6 Å². The predicted octanol–water partition coefficient (Wildman–Crippen LogP) is 0.525. The quantitative estimate of drug-likeness (QED) is 0.816. The van der Waals surface area contributed by atoms with E-state index in [1.54, 1.807) is 0 Å². The lowest BCUT2D eigenvalue weighted by Crippen LogP contribution is -2.47. The van der Waals surface area contributed by atoms with E-state index in [1.165, 1.54) is 24.3 Å². The van der Waals surface area contributed by atoms with Gasteiger partial charge in [0.05, 0.1) is 5.75 Å². The standard InChI is InChI=1S/C15H19FN2O4S/c16-12-6-2-1-5-11(12)9-23(21,22)10-14(19)18-13-7-3-4-8-17-15(13)20/h1-2,5-6,13H,3-4,7-10H2,(H,17,20)(H,18,19)/t13-/m1/s1. The highest BCUT2D eigenvalue weighted by Crippen LogP contribution is 2.11. The average Bonchev–Trinajstić information content (AvgIpc) is 2.66. The van der Waals surface area contributed by atoms with E-state index in [1.807, 2.05) is 0 Å². The molecule has 1 saturated heterocycles. The number of rotatable bonds is 5. The number of nitrogens with one attached hydrogen (secondary N) is 2. The third kappa shape index (κ3) is 5.31. The Balaban J connectivity index is 1.95. The molecule has 0 radical (unpaired) electrons. The van der Waals surface area contributed by atoms with Crippen LogP contribution in [0.5, 0.6) is 0 Å². The topological polar surface area (TPSA) is 92.3 Å². The van der Waals surface area contributed by atoms with Gasteiger partial charge in [0.15, 0.2) is 9.84 Å².